The Morgan fingerprint density at radius 2 is 1.74 bits per heavy atom. The van der Waals surface area contributed by atoms with E-state index in [0.717, 1.165) is 29.0 Å². The predicted molar refractivity (Wildman–Crippen MR) is 121 cm³/mol. The van der Waals surface area contributed by atoms with Gasteiger partial charge in [0, 0.05) is 5.69 Å². The van der Waals surface area contributed by atoms with E-state index < -0.39 is 0 Å². The molecule has 0 bridgehead atoms. The molecule has 2 aromatic carbocycles. The van der Waals surface area contributed by atoms with Crippen molar-refractivity contribution in [2.45, 2.75) is 33.2 Å². The third kappa shape index (κ3) is 6.46. The number of anilines is 1. The summed E-state index contributed by atoms with van der Waals surface area (Å²) in [7, 11) is 0. The van der Waals surface area contributed by atoms with Crippen LogP contribution >= 0.6 is 0 Å². The monoisotopic (exact) mass is 425 g/mol. The third-order valence-corrected chi connectivity index (χ3v) is 5.14. The van der Waals surface area contributed by atoms with Gasteiger partial charge in [-0.05, 0) is 56.1 Å². The van der Waals surface area contributed by atoms with Crippen LogP contribution < -0.4 is 20.1 Å². The highest BCUT2D eigenvalue weighted by Crippen LogP contribution is 2.32. The summed E-state index contributed by atoms with van der Waals surface area (Å²) < 4.78 is 11.2. The summed E-state index contributed by atoms with van der Waals surface area (Å²) in [4.78, 5) is 27.0. The number of rotatable bonds is 9. The van der Waals surface area contributed by atoms with E-state index in [9.17, 15) is 9.59 Å². The Labute approximate surface area is 183 Å². The number of amides is 2. The van der Waals surface area contributed by atoms with Crippen molar-refractivity contribution in [2.24, 2.45) is 0 Å². The van der Waals surface area contributed by atoms with E-state index in [1.54, 1.807) is 0 Å². The quantitative estimate of drug-likeness (QED) is 0.645. The number of hydrogen-bond donors (Lipinski definition) is 2. The van der Waals surface area contributed by atoms with Crippen molar-refractivity contribution >= 4 is 17.5 Å². The molecule has 0 saturated carbocycles. The van der Waals surface area contributed by atoms with Crippen LogP contribution in [0.15, 0.2) is 42.5 Å². The van der Waals surface area contributed by atoms with Crippen molar-refractivity contribution in [1.29, 1.82) is 0 Å². The predicted octanol–water partition coefficient (Wildman–Crippen LogP) is 3.29. The van der Waals surface area contributed by atoms with Crippen molar-refractivity contribution < 1.29 is 19.1 Å². The van der Waals surface area contributed by atoms with Crippen LogP contribution in [0.4, 0.5) is 5.69 Å². The van der Waals surface area contributed by atoms with Gasteiger partial charge in [0.1, 0.15) is 13.2 Å². The van der Waals surface area contributed by atoms with Gasteiger partial charge in [0.05, 0.1) is 19.1 Å². The van der Waals surface area contributed by atoms with Crippen LogP contribution in [0.5, 0.6) is 11.5 Å². The Morgan fingerprint density at radius 3 is 2.48 bits per heavy atom. The fourth-order valence-electron chi connectivity index (χ4n) is 3.54. The molecule has 1 heterocycles. The van der Waals surface area contributed by atoms with Gasteiger partial charge < -0.3 is 20.1 Å². The molecule has 0 unspecified atom stereocenters. The van der Waals surface area contributed by atoms with Crippen LogP contribution in [0.3, 0.4) is 0 Å². The Hall–Kier alpha value is -3.06. The molecule has 3 rings (SSSR count). The third-order valence-electron chi connectivity index (χ3n) is 5.14. The van der Waals surface area contributed by atoms with Crippen molar-refractivity contribution in [3.8, 4) is 11.5 Å². The minimum atomic E-state index is -0.187. The second-order valence-electron chi connectivity index (χ2n) is 7.77. The molecule has 2 N–H and O–H groups in total. The summed E-state index contributed by atoms with van der Waals surface area (Å²) in [6, 6.07) is 13.2. The van der Waals surface area contributed by atoms with Crippen molar-refractivity contribution in [1.82, 2.24) is 10.2 Å². The lowest BCUT2D eigenvalue weighted by atomic mass is 10.1. The molecule has 7 nitrogen and oxygen atoms in total. The zero-order valence-electron chi connectivity index (χ0n) is 18.4. The molecule has 1 atom stereocenters. The zero-order valence-corrected chi connectivity index (χ0v) is 18.4. The maximum Gasteiger partial charge on any atom is 0.238 e. The van der Waals surface area contributed by atoms with Crippen molar-refractivity contribution in [3.63, 3.8) is 0 Å². The summed E-state index contributed by atoms with van der Waals surface area (Å²) >= 11 is 0. The molecule has 0 spiro atoms. The fourth-order valence-corrected chi connectivity index (χ4v) is 3.54. The average molecular weight is 426 g/mol. The maximum absolute atomic E-state index is 12.7. The highest BCUT2D eigenvalue weighted by atomic mass is 16.6. The Morgan fingerprint density at radius 1 is 1.03 bits per heavy atom. The van der Waals surface area contributed by atoms with Crippen molar-refractivity contribution in [3.05, 3.63) is 53.6 Å². The molecule has 31 heavy (non-hydrogen) atoms. The van der Waals surface area contributed by atoms with Gasteiger partial charge in [-0.3, -0.25) is 14.5 Å². The number of nitrogens with zero attached hydrogens (tertiary/aromatic N) is 1. The molecular weight excluding hydrogens is 394 g/mol. The topological polar surface area (TPSA) is 79.9 Å². The van der Waals surface area contributed by atoms with Crippen LogP contribution in [0, 0.1) is 6.92 Å². The first-order chi connectivity index (χ1) is 15.0. The number of aryl methyl sites for hydroxylation is 1. The number of carbonyl (C=O) groups excluding carboxylic acids is 2. The molecule has 166 valence electrons. The molecule has 1 aliphatic heterocycles. The standard InChI is InChI=1S/C24H31N3O4/c1-4-11-27(16-24(29)26-20-8-6-5-7-17(20)2)15-23(28)25-18(3)19-9-10-21-22(14-19)31-13-12-30-21/h5-10,14,18H,4,11-13,15-16H2,1-3H3,(H,25,28)(H,26,29)/t18-/m0/s1. The summed E-state index contributed by atoms with van der Waals surface area (Å²) in [6.45, 7) is 7.95. The van der Waals surface area contributed by atoms with Gasteiger partial charge in [0.15, 0.2) is 11.5 Å². The van der Waals surface area contributed by atoms with Gasteiger partial charge >= 0.3 is 0 Å². The Bertz CT molecular complexity index is 915. The molecule has 0 aromatic heterocycles. The highest BCUT2D eigenvalue weighted by Gasteiger charge is 2.18. The summed E-state index contributed by atoms with van der Waals surface area (Å²) in [5, 5.41) is 5.95. The van der Waals surface area contributed by atoms with Gasteiger partial charge in [-0.2, -0.15) is 0 Å². The highest BCUT2D eigenvalue weighted by molar-refractivity contribution is 5.93. The number of nitrogens with one attached hydrogen (secondary N) is 2. The number of fused-ring (bicyclic) bond motifs is 1. The first-order valence-electron chi connectivity index (χ1n) is 10.7. The minimum Gasteiger partial charge on any atom is -0.486 e. The molecule has 1 aliphatic rings. The summed E-state index contributed by atoms with van der Waals surface area (Å²) in [5.74, 6) is 1.17. The Balaban J connectivity index is 1.54. The number of benzene rings is 2. The van der Waals surface area contributed by atoms with E-state index in [1.165, 1.54) is 0 Å². The van der Waals surface area contributed by atoms with E-state index in [-0.39, 0.29) is 30.9 Å². The van der Waals surface area contributed by atoms with Gasteiger partial charge in [-0.15, -0.1) is 0 Å². The maximum atomic E-state index is 12.7. The molecule has 0 saturated heterocycles. The normalized spacial score (nSPS) is 13.5. The smallest absolute Gasteiger partial charge is 0.238 e. The van der Waals surface area contributed by atoms with E-state index >= 15 is 0 Å². The molecule has 2 amide bonds. The Kier molecular flexibility index (Phi) is 7.89. The number of para-hydroxylation sites is 1. The van der Waals surface area contributed by atoms with E-state index in [0.29, 0.717) is 25.5 Å². The average Bonchev–Trinajstić information content (AvgIpc) is 2.75. The minimum absolute atomic E-state index is 0.125. The lowest BCUT2D eigenvalue weighted by Gasteiger charge is -2.23. The van der Waals surface area contributed by atoms with Crippen LogP contribution in [0.2, 0.25) is 0 Å². The van der Waals surface area contributed by atoms with Gasteiger partial charge in [0.2, 0.25) is 11.8 Å². The number of carbonyl (C=O) groups is 2. The molecule has 2 aromatic rings. The van der Waals surface area contributed by atoms with Crippen molar-refractivity contribution in [2.75, 3.05) is 38.2 Å². The van der Waals surface area contributed by atoms with Crippen LogP contribution in [-0.4, -0.2) is 49.6 Å². The van der Waals surface area contributed by atoms with Gasteiger partial charge in [-0.25, -0.2) is 0 Å². The van der Waals surface area contributed by atoms with E-state index in [4.69, 9.17) is 9.47 Å². The van der Waals surface area contributed by atoms with Crippen LogP contribution in [-0.2, 0) is 9.59 Å². The molecular formula is C24H31N3O4. The SMILES string of the molecule is CCCN(CC(=O)Nc1ccccc1C)CC(=O)N[C@@H](C)c1ccc2c(c1)OCCO2. The van der Waals surface area contributed by atoms with Gasteiger partial charge in [-0.1, -0.05) is 31.2 Å². The lowest BCUT2D eigenvalue weighted by Crippen LogP contribution is -2.42. The number of hydrogen-bond acceptors (Lipinski definition) is 5. The molecule has 0 radical (unpaired) electrons. The second-order valence-corrected chi connectivity index (χ2v) is 7.77. The van der Waals surface area contributed by atoms with E-state index in [1.807, 2.05) is 68.1 Å². The van der Waals surface area contributed by atoms with Gasteiger partial charge in [0.25, 0.3) is 0 Å². The largest absolute Gasteiger partial charge is 0.486 e. The summed E-state index contributed by atoms with van der Waals surface area (Å²) in [5.41, 5.74) is 2.74. The molecule has 0 aliphatic carbocycles. The first-order valence-corrected chi connectivity index (χ1v) is 10.7. The zero-order chi connectivity index (χ0) is 22.2. The number of ether oxygens (including phenoxy) is 2. The first kappa shape index (κ1) is 22.6. The fraction of sp³-hybridized carbons (Fsp3) is 0.417. The lowest BCUT2D eigenvalue weighted by molar-refractivity contribution is -0.124. The molecule has 7 heteroatoms. The summed E-state index contributed by atoms with van der Waals surface area (Å²) in [6.07, 6.45) is 0.850. The molecule has 0 fully saturated rings. The van der Waals surface area contributed by atoms with E-state index in [2.05, 4.69) is 10.6 Å². The van der Waals surface area contributed by atoms with Crippen LogP contribution in [0.25, 0.3) is 0 Å². The van der Waals surface area contributed by atoms with Crippen LogP contribution in [0.1, 0.15) is 37.4 Å². The second kappa shape index (κ2) is 10.8.